The molecule has 2 rings (SSSR count). The number of carboxylic acids is 1. The van der Waals surface area contributed by atoms with Crippen molar-refractivity contribution in [2.24, 2.45) is 0 Å². The van der Waals surface area contributed by atoms with Crippen molar-refractivity contribution < 1.29 is 14.6 Å². The van der Waals surface area contributed by atoms with Crippen molar-refractivity contribution in [1.82, 2.24) is 9.80 Å². The quantitative estimate of drug-likeness (QED) is 0.766. The average Bonchev–Trinajstić information content (AvgIpc) is 2.79. The lowest BCUT2D eigenvalue weighted by Crippen LogP contribution is -2.48. The predicted octanol–water partition coefficient (Wildman–Crippen LogP) is 0.256. The Morgan fingerprint density at radius 1 is 1.24 bits per heavy atom. The maximum Gasteiger partial charge on any atom is 0.332 e. The van der Waals surface area contributed by atoms with E-state index in [0.717, 1.165) is 45.7 Å². The van der Waals surface area contributed by atoms with Crippen LogP contribution in [0.2, 0.25) is 0 Å². The SMILES string of the molecule is CCN1CCN(CC2CCC(C(=O)O)O2)CC1. The summed E-state index contributed by atoms with van der Waals surface area (Å²) in [7, 11) is 0. The van der Waals surface area contributed by atoms with Gasteiger partial charge in [0.2, 0.25) is 0 Å². The zero-order valence-electron chi connectivity index (χ0n) is 10.5. The molecule has 0 aromatic carbocycles. The Labute approximate surface area is 102 Å². The van der Waals surface area contributed by atoms with Crippen molar-refractivity contribution in [3.8, 4) is 0 Å². The molecule has 17 heavy (non-hydrogen) atoms. The van der Waals surface area contributed by atoms with Gasteiger partial charge >= 0.3 is 5.97 Å². The van der Waals surface area contributed by atoms with Crippen LogP contribution in [-0.4, -0.2) is 72.4 Å². The normalized spacial score (nSPS) is 31.8. The summed E-state index contributed by atoms with van der Waals surface area (Å²) in [6.07, 6.45) is 1.08. The number of likely N-dealkylation sites (N-methyl/N-ethyl adjacent to an activating group) is 1. The van der Waals surface area contributed by atoms with Gasteiger partial charge in [0.25, 0.3) is 0 Å². The van der Waals surface area contributed by atoms with Gasteiger partial charge in [-0.3, -0.25) is 4.90 Å². The fourth-order valence-electron chi connectivity index (χ4n) is 2.60. The molecular weight excluding hydrogens is 220 g/mol. The van der Waals surface area contributed by atoms with E-state index in [1.807, 2.05) is 0 Å². The molecule has 0 aromatic heterocycles. The third-order valence-corrected chi connectivity index (χ3v) is 3.76. The van der Waals surface area contributed by atoms with Gasteiger partial charge in [-0.15, -0.1) is 0 Å². The lowest BCUT2D eigenvalue weighted by Gasteiger charge is -2.35. The molecule has 0 spiro atoms. The largest absolute Gasteiger partial charge is 0.479 e. The number of aliphatic carboxylic acids is 1. The van der Waals surface area contributed by atoms with Gasteiger partial charge in [0, 0.05) is 32.7 Å². The molecule has 5 heteroatoms. The number of hydrogen-bond acceptors (Lipinski definition) is 4. The summed E-state index contributed by atoms with van der Waals surface area (Å²) in [6, 6.07) is 0. The smallest absolute Gasteiger partial charge is 0.332 e. The Balaban J connectivity index is 1.70. The molecule has 2 unspecified atom stereocenters. The molecule has 98 valence electrons. The Hall–Kier alpha value is -0.650. The van der Waals surface area contributed by atoms with Crippen LogP contribution in [-0.2, 0) is 9.53 Å². The second-order valence-corrected chi connectivity index (χ2v) is 4.90. The van der Waals surface area contributed by atoms with Crippen molar-refractivity contribution in [3.63, 3.8) is 0 Å². The minimum atomic E-state index is -0.816. The van der Waals surface area contributed by atoms with Crippen molar-refractivity contribution in [2.75, 3.05) is 39.3 Å². The fraction of sp³-hybridized carbons (Fsp3) is 0.917. The monoisotopic (exact) mass is 242 g/mol. The van der Waals surface area contributed by atoms with Gasteiger partial charge in [0.1, 0.15) is 0 Å². The molecule has 0 saturated carbocycles. The maximum atomic E-state index is 10.8. The maximum absolute atomic E-state index is 10.8. The molecule has 2 saturated heterocycles. The van der Waals surface area contributed by atoms with E-state index < -0.39 is 12.1 Å². The van der Waals surface area contributed by atoms with E-state index >= 15 is 0 Å². The molecule has 0 aromatic rings. The summed E-state index contributed by atoms with van der Waals surface area (Å²) >= 11 is 0. The average molecular weight is 242 g/mol. The number of ether oxygens (including phenoxy) is 1. The van der Waals surface area contributed by atoms with Gasteiger partial charge < -0.3 is 14.7 Å². The van der Waals surface area contributed by atoms with E-state index in [9.17, 15) is 4.79 Å². The number of hydrogen-bond donors (Lipinski definition) is 1. The zero-order valence-corrected chi connectivity index (χ0v) is 10.5. The molecule has 2 heterocycles. The summed E-state index contributed by atoms with van der Waals surface area (Å²) in [5.74, 6) is -0.816. The molecule has 0 amide bonds. The summed E-state index contributed by atoms with van der Waals surface area (Å²) in [5.41, 5.74) is 0. The summed E-state index contributed by atoms with van der Waals surface area (Å²) in [6.45, 7) is 8.58. The van der Waals surface area contributed by atoms with Crippen LogP contribution < -0.4 is 0 Å². The fourth-order valence-corrected chi connectivity index (χ4v) is 2.60. The van der Waals surface area contributed by atoms with Crippen LogP contribution in [0.15, 0.2) is 0 Å². The molecule has 2 fully saturated rings. The van der Waals surface area contributed by atoms with Crippen LogP contribution in [0.4, 0.5) is 0 Å². The minimum Gasteiger partial charge on any atom is -0.479 e. The standard InChI is InChI=1S/C12H22N2O3/c1-2-13-5-7-14(8-6-13)9-10-3-4-11(17-10)12(15)16/h10-11H,2-9H2,1H3,(H,15,16). The van der Waals surface area contributed by atoms with E-state index in [1.54, 1.807) is 0 Å². The number of piperazine rings is 1. The van der Waals surface area contributed by atoms with E-state index in [-0.39, 0.29) is 6.10 Å². The molecule has 2 aliphatic heterocycles. The van der Waals surface area contributed by atoms with Crippen LogP contribution in [0.25, 0.3) is 0 Å². The van der Waals surface area contributed by atoms with Crippen LogP contribution in [0.5, 0.6) is 0 Å². The first-order valence-corrected chi connectivity index (χ1v) is 6.52. The number of carbonyl (C=O) groups is 1. The zero-order chi connectivity index (χ0) is 12.3. The number of carboxylic acid groups (broad SMARTS) is 1. The van der Waals surface area contributed by atoms with Gasteiger partial charge in [-0.2, -0.15) is 0 Å². The second kappa shape index (κ2) is 5.80. The third-order valence-electron chi connectivity index (χ3n) is 3.76. The van der Waals surface area contributed by atoms with E-state index in [0.29, 0.717) is 6.42 Å². The van der Waals surface area contributed by atoms with Crippen LogP contribution >= 0.6 is 0 Å². The molecule has 2 atom stereocenters. The second-order valence-electron chi connectivity index (χ2n) is 4.90. The van der Waals surface area contributed by atoms with Crippen molar-refractivity contribution >= 4 is 5.97 Å². The Morgan fingerprint density at radius 3 is 2.41 bits per heavy atom. The highest BCUT2D eigenvalue weighted by molar-refractivity contribution is 5.72. The van der Waals surface area contributed by atoms with Gasteiger partial charge in [0.15, 0.2) is 6.10 Å². The van der Waals surface area contributed by atoms with Crippen molar-refractivity contribution in [1.29, 1.82) is 0 Å². The lowest BCUT2D eigenvalue weighted by molar-refractivity contribution is -0.149. The lowest BCUT2D eigenvalue weighted by atomic mass is 10.2. The van der Waals surface area contributed by atoms with Crippen molar-refractivity contribution in [3.05, 3.63) is 0 Å². The van der Waals surface area contributed by atoms with Gasteiger partial charge in [-0.05, 0) is 19.4 Å². The summed E-state index contributed by atoms with van der Waals surface area (Å²) in [5, 5.41) is 8.86. The van der Waals surface area contributed by atoms with Gasteiger partial charge in [0.05, 0.1) is 6.10 Å². The third kappa shape index (κ3) is 3.40. The molecule has 1 N–H and O–H groups in total. The number of nitrogens with zero attached hydrogens (tertiary/aromatic N) is 2. The van der Waals surface area contributed by atoms with Crippen LogP contribution in [0.1, 0.15) is 19.8 Å². The minimum absolute atomic E-state index is 0.115. The molecule has 2 aliphatic rings. The van der Waals surface area contributed by atoms with E-state index in [1.165, 1.54) is 0 Å². The van der Waals surface area contributed by atoms with E-state index in [2.05, 4.69) is 16.7 Å². The van der Waals surface area contributed by atoms with Gasteiger partial charge in [-0.25, -0.2) is 4.79 Å². The van der Waals surface area contributed by atoms with Crippen molar-refractivity contribution in [2.45, 2.75) is 32.0 Å². The first-order valence-electron chi connectivity index (χ1n) is 6.52. The Kier molecular flexibility index (Phi) is 4.36. The Bertz CT molecular complexity index is 264. The molecule has 5 nitrogen and oxygen atoms in total. The summed E-state index contributed by atoms with van der Waals surface area (Å²) in [4.78, 5) is 15.6. The first kappa shape index (κ1) is 12.8. The number of rotatable bonds is 4. The Morgan fingerprint density at radius 2 is 1.88 bits per heavy atom. The molecule has 0 radical (unpaired) electrons. The van der Waals surface area contributed by atoms with Crippen LogP contribution in [0.3, 0.4) is 0 Å². The van der Waals surface area contributed by atoms with E-state index in [4.69, 9.17) is 9.84 Å². The molecular formula is C12H22N2O3. The highest BCUT2D eigenvalue weighted by atomic mass is 16.5. The predicted molar refractivity (Wildman–Crippen MR) is 64.1 cm³/mol. The van der Waals surface area contributed by atoms with Gasteiger partial charge in [-0.1, -0.05) is 6.92 Å². The van der Waals surface area contributed by atoms with Crippen LogP contribution in [0, 0.1) is 0 Å². The highest BCUT2D eigenvalue weighted by Gasteiger charge is 2.31. The molecule has 0 bridgehead atoms. The first-order chi connectivity index (χ1) is 8.19. The topological polar surface area (TPSA) is 53.0 Å². The summed E-state index contributed by atoms with van der Waals surface area (Å²) < 4.78 is 5.52. The highest BCUT2D eigenvalue weighted by Crippen LogP contribution is 2.21. The molecule has 0 aliphatic carbocycles.